The van der Waals surface area contributed by atoms with Crippen molar-refractivity contribution in [1.29, 1.82) is 0 Å². The van der Waals surface area contributed by atoms with Gasteiger partial charge in [0, 0.05) is 39.9 Å². The van der Waals surface area contributed by atoms with Crippen LogP contribution in [0.25, 0.3) is 0 Å². The number of rotatable bonds is 12. The molecular formula is C21H36N4O4S. The Kier molecular flexibility index (Phi) is 11.1. The minimum atomic E-state index is -3.35. The fourth-order valence-electron chi connectivity index (χ4n) is 3.14. The highest BCUT2D eigenvalue weighted by Crippen LogP contribution is 2.15. The van der Waals surface area contributed by atoms with Gasteiger partial charge in [-0.3, -0.25) is 4.99 Å². The van der Waals surface area contributed by atoms with E-state index in [9.17, 15) is 8.42 Å². The number of ether oxygens (including phenoxy) is 2. The average molecular weight is 441 g/mol. The second kappa shape index (κ2) is 13.6. The number of sulfonamides is 1. The molecule has 1 aromatic rings. The normalized spacial score (nSPS) is 18.7. The van der Waals surface area contributed by atoms with Crippen LogP contribution in [0.3, 0.4) is 0 Å². The maximum Gasteiger partial charge on any atom is 0.213 e. The van der Waals surface area contributed by atoms with Gasteiger partial charge in [-0.05, 0) is 38.2 Å². The number of benzene rings is 1. The maximum atomic E-state index is 12.1. The summed E-state index contributed by atoms with van der Waals surface area (Å²) in [5.41, 5.74) is 1.16. The van der Waals surface area contributed by atoms with E-state index in [-0.39, 0.29) is 24.5 Å². The summed E-state index contributed by atoms with van der Waals surface area (Å²) < 4.78 is 38.3. The van der Waals surface area contributed by atoms with Gasteiger partial charge in [0.15, 0.2) is 5.96 Å². The lowest BCUT2D eigenvalue weighted by Gasteiger charge is -2.22. The Labute approximate surface area is 180 Å². The number of nitrogens with one attached hydrogen (secondary N) is 3. The zero-order chi connectivity index (χ0) is 21.7. The smallest absolute Gasteiger partial charge is 0.213 e. The molecule has 170 valence electrons. The third-order valence-electron chi connectivity index (χ3n) is 4.94. The number of hydrogen-bond donors (Lipinski definition) is 3. The highest BCUT2D eigenvalue weighted by Gasteiger charge is 2.17. The zero-order valence-corrected chi connectivity index (χ0v) is 18.9. The van der Waals surface area contributed by atoms with Crippen LogP contribution in [0.5, 0.6) is 0 Å². The highest BCUT2D eigenvalue weighted by molar-refractivity contribution is 7.89. The summed E-state index contributed by atoms with van der Waals surface area (Å²) in [5.74, 6) is 0.565. The molecule has 8 nitrogen and oxygen atoms in total. The molecule has 1 fully saturated rings. The Bertz CT molecular complexity index is 722. The van der Waals surface area contributed by atoms with Gasteiger partial charge in [0.05, 0.1) is 18.0 Å². The van der Waals surface area contributed by atoms with Crippen molar-refractivity contribution in [2.75, 3.05) is 45.6 Å². The summed E-state index contributed by atoms with van der Waals surface area (Å²) in [6, 6.07) is 10.1. The standard InChI is InChI=1S/C21H36N4O4S/c1-18(19-9-4-3-5-10-19)28-15-8-12-23-21(22-2)24-13-16-30(26,27)25-17-20-11-6-7-14-29-20/h3-5,9-10,18,20,25H,6-8,11-17H2,1-2H3,(H2,22,23,24). The van der Waals surface area contributed by atoms with Crippen LogP contribution in [-0.2, 0) is 19.5 Å². The molecule has 1 aromatic carbocycles. The van der Waals surface area contributed by atoms with E-state index < -0.39 is 10.0 Å². The second-order valence-electron chi connectivity index (χ2n) is 7.36. The van der Waals surface area contributed by atoms with Gasteiger partial charge in [-0.25, -0.2) is 13.1 Å². The molecule has 0 spiro atoms. The lowest BCUT2D eigenvalue weighted by Crippen LogP contribution is -2.42. The summed E-state index contributed by atoms with van der Waals surface area (Å²) >= 11 is 0. The molecule has 30 heavy (non-hydrogen) atoms. The fourth-order valence-corrected chi connectivity index (χ4v) is 4.10. The van der Waals surface area contributed by atoms with Gasteiger partial charge in [-0.1, -0.05) is 30.3 Å². The number of nitrogens with zero attached hydrogens (tertiary/aromatic N) is 1. The molecule has 0 bridgehead atoms. The summed E-state index contributed by atoms with van der Waals surface area (Å²) in [5, 5.41) is 6.21. The fraction of sp³-hybridized carbons (Fsp3) is 0.667. The largest absolute Gasteiger partial charge is 0.377 e. The molecule has 2 rings (SSSR count). The number of hydrogen-bond acceptors (Lipinski definition) is 5. The van der Waals surface area contributed by atoms with Crippen LogP contribution in [0.2, 0.25) is 0 Å². The molecule has 0 aliphatic carbocycles. The first-order valence-electron chi connectivity index (χ1n) is 10.7. The quantitative estimate of drug-likeness (QED) is 0.260. The Balaban J connectivity index is 1.55. The predicted molar refractivity (Wildman–Crippen MR) is 120 cm³/mol. The van der Waals surface area contributed by atoms with E-state index in [0.29, 0.717) is 32.3 Å². The molecule has 1 heterocycles. The summed E-state index contributed by atoms with van der Waals surface area (Å²) in [4.78, 5) is 4.13. The van der Waals surface area contributed by atoms with E-state index in [1.807, 2.05) is 25.1 Å². The molecule has 0 aromatic heterocycles. The van der Waals surface area contributed by atoms with Crippen LogP contribution in [0.1, 0.15) is 44.3 Å². The van der Waals surface area contributed by atoms with Crippen molar-refractivity contribution in [1.82, 2.24) is 15.4 Å². The third kappa shape index (κ3) is 9.88. The van der Waals surface area contributed by atoms with Crippen LogP contribution in [0, 0.1) is 0 Å². The molecule has 1 aliphatic heterocycles. The van der Waals surface area contributed by atoms with Crippen molar-refractivity contribution in [3.8, 4) is 0 Å². The highest BCUT2D eigenvalue weighted by atomic mass is 32.2. The Hall–Kier alpha value is -1.68. The molecule has 3 N–H and O–H groups in total. The molecule has 0 amide bonds. The van der Waals surface area contributed by atoms with Gasteiger partial charge >= 0.3 is 0 Å². The topological polar surface area (TPSA) is 101 Å². The van der Waals surface area contributed by atoms with Crippen molar-refractivity contribution in [2.24, 2.45) is 4.99 Å². The molecule has 2 unspecified atom stereocenters. The molecule has 0 radical (unpaired) electrons. The van der Waals surface area contributed by atoms with Gasteiger partial charge in [-0.15, -0.1) is 0 Å². The van der Waals surface area contributed by atoms with Gasteiger partial charge < -0.3 is 20.1 Å². The maximum absolute atomic E-state index is 12.1. The monoisotopic (exact) mass is 440 g/mol. The number of guanidine groups is 1. The van der Waals surface area contributed by atoms with E-state index in [0.717, 1.165) is 31.2 Å². The first-order chi connectivity index (χ1) is 14.5. The van der Waals surface area contributed by atoms with E-state index in [1.54, 1.807) is 7.05 Å². The molecule has 1 saturated heterocycles. The molecule has 0 saturated carbocycles. The summed E-state index contributed by atoms with van der Waals surface area (Å²) in [6.45, 7) is 4.69. The van der Waals surface area contributed by atoms with Crippen molar-refractivity contribution < 1.29 is 17.9 Å². The third-order valence-corrected chi connectivity index (χ3v) is 6.29. The van der Waals surface area contributed by atoms with Crippen molar-refractivity contribution >= 4 is 16.0 Å². The van der Waals surface area contributed by atoms with Crippen LogP contribution in [0.4, 0.5) is 0 Å². The van der Waals surface area contributed by atoms with E-state index in [1.165, 1.54) is 0 Å². The lowest BCUT2D eigenvalue weighted by molar-refractivity contribution is 0.0200. The van der Waals surface area contributed by atoms with E-state index in [4.69, 9.17) is 9.47 Å². The Morgan fingerprint density at radius 3 is 2.70 bits per heavy atom. The molecular weight excluding hydrogens is 404 g/mol. The minimum absolute atomic E-state index is 0.0113. The van der Waals surface area contributed by atoms with Crippen molar-refractivity contribution in [3.63, 3.8) is 0 Å². The summed E-state index contributed by atoms with van der Waals surface area (Å²) in [7, 11) is -1.68. The van der Waals surface area contributed by atoms with E-state index >= 15 is 0 Å². The van der Waals surface area contributed by atoms with Crippen LogP contribution < -0.4 is 15.4 Å². The first kappa shape index (κ1) is 24.6. The SMILES string of the molecule is CN=C(NCCCOC(C)c1ccccc1)NCCS(=O)(=O)NCC1CCCCO1. The predicted octanol–water partition coefficient (Wildman–Crippen LogP) is 1.81. The van der Waals surface area contributed by atoms with Crippen LogP contribution >= 0.6 is 0 Å². The number of aliphatic imine (C=N–C) groups is 1. The molecule has 2 atom stereocenters. The molecule has 9 heteroatoms. The van der Waals surface area contributed by atoms with Gasteiger partial charge in [0.1, 0.15) is 0 Å². The van der Waals surface area contributed by atoms with Gasteiger partial charge in [0.2, 0.25) is 10.0 Å². The molecule has 1 aliphatic rings. The summed E-state index contributed by atoms with van der Waals surface area (Å²) in [6.07, 6.45) is 3.91. The Morgan fingerprint density at radius 1 is 1.23 bits per heavy atom. The van der Waals surface area contributed by atoms with Gasteiger partial charge in [-0.2, -0.15) is 0 Å². The second-order valence-corrected chi connectivity index (χ2v) is 9.29. The first-order valence-corrected chi connectivity index (χ1v) is 12.4. The van der Waals surface area contributed by atoms with Gasteiger partial charge in [0.25, 0.3) is 0 Å². The van der Waals surface area contributed by atoms with Crippen molar-refractivity contribution in [2.45, 2.75) is 44.8 Å². The Morgan fingerprint density at radius 2 is 2.00 bits per heavy atom. The lowest BCUT2D eigenvalue weighted by atomic mass is 10.1. The average Bonchev–Trinajstić information content (AvgIpc) is 2.77. The van der Waals surface area contributed by atoms with E-state index in [2.05, 4.69) is 32.5 Å². The zero-order valence-electron chi connectivity index (χ0n) is 18.1. The van der Waals surface area contributed by atoms with Crippen molar-refractivity contribution in [3.05, 3.63) is 35.9 Å². The van der Waals surface area contributed by atoms with Crippen LogP contribution in [0.15, 0.2) is 35.3 Å². The minimum Gasteiger partial charge on any atom is -0.377 e. The van der Waals surface area contributed by atoms with Crippen LogP contribution in [-0.4, -0.2) is 66.1 Å².